The first-order valence-electron chi connectivity index (χ1n) is 9.65. The number of carbonyl (C=O) groups is 1. The Labute approximate surface area is 152 Å². The van der Waals surface area contributed by atoms with Crippen molar-refractivity contribution in [3.8, 4) is 12.3 Å². The maximum absolute atomic E-state index is 13.3. The highest BCUT2D eigenvalue weighted by atomic mass is 16.5. The lowest BCUT2D eigenvalue weighted by molar-refractivity contribution is -0.200. The molecule has 1 unspecified atom stereocenters. The Morgan fingerprint density at radius 1 is 1.36 bits per heavy atom. The van der Waals surface area contributed by atoms with E-state index in [0.717, 1.165) is 37.7 Å². The Morgan fingerprint density at radius 2 is 2.04 bits per heavy atom. The average Bonchev–Trinajstić information content (AvgIpc) is 2.57. The summed E-state index contributed by atoms with van der Waals surface area (Å²) in [4.78, 5) is 13.3. The summed E-state index contributed by atoms with van der Waals surface area (Å²) in [5, 5.41) is 10.7. The molecule has 0 heterocycles. The van der Waals surface area contributed by atoms with Crippen molar-refractivity contribution in [1.29, 1.82) is 0 Å². The second-order valence-corrected chi connectivity index (χ2v) is 9.17. The molecule has 0 spiro atoms. The van der Waals surface area contributed by atoms with Crippen molar-refractivity contribution < 1.29 is 14.6 Å². The minimum absolute atomic E-state index is 0.0777. The van der Waals surface area contributed by atoms with Gasteiger partial charge in [0.15, 0.2) is 0 Å². The fourth-order valence-electron chi connectivity index (χ4n) is 6.53. The first-order chi connectivity index (χ1) is 11.6. The molecule has 3 rings (SSSR count). The Morgan fingerprint density at radius 3 is 2.64 bits per heavy atom. The van der Waals surface area contributed by atoms with Gasteiger partial charge >= 0.3 is 5.97 Å². The van der Waals surface area contributed by atoms with Crippen LogP contribution in [-0.4, -0.2) is 23.8 Å². The third kappa shape index (κ3) is 2.07. The minimum Gasteiger partial charge on any atom is -0.465 e. The van der Waals surface area contributed by atoms with Crippen LogP contribution < -0.4 is 0 Å². The number of aliphatic hydroxyl groups is 1. The molecule has 3 nitrogen and oxygen atoms in total. The van der Waals surface area contributed by atoms with Crippen molar-refractivity contribution in [3.05, 3.63) is 12.2 Å². The van der Waals surface area contributed by atoms with E-state index in [0.29, 0.717) is 13.0 Å². The van der Waals surface area contributed by atoms with E-state index in [4.69, 9.17) is 11.2 Å². The maximum Gasteiger partial charge on any atom is 0.316 e. The van der Waals surface area contributed by atoms with Crippen LogP contribution in [0.2, 0.25) is 0 Å². The summed E-state index contributed by atoms with van der Waals surface area (Å²) in [5.74, 6) is 2.88. The van der Waals surface area contributed by atoms with Gasteiger partial charge < -0.3 is 9.84 Å². The quantitative estimate of drug-likeness (QED) is 0.466. The zero-order valence-electron chi connectivity index (χ0n) is 16.2. The van der Waals surface area contributed by atoms with E-state index in [1.165, 1.54) is 0 Å². The number of hydrogen-bond donors (Lipinski definition) is 1. The van der Waals surface area contributed by atoms with Gasteiger partial charge in [-0.2, -0.15) is 0 Å². The predicted octanol–water partition coefficient (Wildman–Crippen LogP) is 4.10. The molecule has 0 aliphatic heterocycles. The average molecular weight is 344 g/mol. The van der Waals surface area contributed by atoms with E-state index < -0.39 is 16.9 Å². The Balaban J connectivity index is 2.23. The highest BCUT2D eigenvalue weighted by Crippen LogP contribution is 2.73. The van der Waals surface area contributed by atoms with Gasteiger partial charge in [-0.1, -0.05) is 38.3 Å². The molecule has 2 bridgehead atoms. The van der Waals surface area contributed by atoms with Gasteiger partial charge in [0.2, 0.25) is 0 Å². The molecule has 1 N–H and O–H groups in total. The molecule has 3 heteroatoms. The monoisotopic (exact) mass is 344 g/mol. The zero-order valence-corrected chi connectivity index (χ0v) is 16.2. The van der Waals surface area contributed by atoms with Crippen molar-refractivity contribution in [3.63, 3.8) is 0 Å². The first kappa shape index (κ1) is 18.5. The zero-order chi connectivity index (χ0) is 18.7. The molecule has 25 heavy (non-hydrogen) atoms. The lowest BCUT2D eigenvalue weighted by atomic mass is 9.35. The smallest absolute Gasteiger partial charge is 0.316 e. The summed E-state index contributed by atoms with van der Waals surface area (Å²) in [5.41, 5.74) is -0.707. The number of fused-ring (bicyclic) bond motifs is 4. The van der Waals surface area contributed by atoms with Gasteiger partial charge in [0.05, 0.1) is 23.5 Å². The van der Waals surface area contributed by atoms with Crippen LogP contribution in [0.1, 0.15) is 66.2 Å². The highest BCUT2D eigenvalue weighted by molar-refractivity contribution is 5.83. The number of hydrogen-bond acceptors (Lipinski definition) is 3. The number of carbonyl (C=O) groups excluding carboxylic acids is 1. The molecule has 3 aliphatic carbocycles. The topological polar surface area (TPSA) is 46.5 Å². The summed E-state index contributed by atoms with van der Waals surface area (Å²) in [6.07, 6.45) is 10.5. The van der Waals surface area contributed by atoms with Crippen LogP contribution in [0, 0.1) is 39.9 Å². The van der Waals surface area contributed by atoms with E-state index in [1.807, 2.05) is 13.8 Å². The van der Waals surface area contributed by atoms with Crippen LogP contribution in [0.5, 0.6) is 0 Å². The molecule has 0 radical (unpaired) electrons. The van der Waals surface area contributed by atoms with E-state index in [2.05, 4.69) is 26.3 Å². The predicted molar refractivity (Wildman–Crippen MR) is 98.6 cm³/mol. The maximum atomic E-state index is 13.3. The van der Waals surface area contributed by atoms with E-state index >= 15 is 0 Å². The SMILES string of the molecule is C#C[C@@]1(C)C2C[C@@]3(C)CCC[C@](C(=O)OCC)(C3=C)[C@@]2(C)CC[C@@H]1O. The van der Waals surface area contributed by atoms with E-state index in [9.17, 15) is 9.90 Å². The van der Waals surface area contributed by atoms with Crippen molar-refractivity contribution in [1.82, 2.24) is 0 Å². The molecule has 3 saturated carbocycles. The van der Waals surface area contributed by atoms with Gasteiger partial charge in [-0.25, -0.2) is 0 Å². The molecule has 138 valence electrons. The first-order valence-corrected chi connectivity index (χ1v) is 9.65. The third-order valence-corrected chi connectivity index (χ3v) is 8.21. The van der Waals surface area contributed by atoms with E-state index in [1.54, 1.807) is 0 Å². The summed E-state index contributed by atoms with van der Waals surface area (Å²) < 4.78 is 5.60. The largest absolute Gasteiger partial charge is 0.465 e. The minimum atomic E-state index is -0.683. The van der Waals surface area contributed by atoms with Gasteiger partial charge in [-0.3, -0.25) is 4.79 Å². The molecule has 6 atom stereocenters. The van der Waals surface area contributed by atoms with Gasteiger partial charge in [-0.05, 0) is 62.7 Å². The van der Waals surface area contributed by atoms with Crippen molar-refractivity contribution in [2.24, 2.45) is 27.6 Å². The second kappa shape index (κ2) is 5.61. The van der Waals surface area contributed by atoms with Gasteiger partial charge in [-0.15, -0.1) is 6.42 Å². The van der Waals surface area contributed by atoms with Crippen molar-refractivity contribution in [2.75, 3.05) is 6.61 Å². The summed E-state index contributed by atoms with van der Waals surface area (Å²) in [7, 11) is 0. The van der Waals surface area contributed by atoms with Crippen LogP contribution in [-0.2, 0) is 9.53 Å². The lowest BCUT2D eigenvalue weighted by Gasteiger charge is -2.68. The second-order valence-electron chi connectivity index (χ2n) is 9.17. The summed E-state index contributed by atoms with van der Waals surface area (Å²) in [6.45, 7) is 13.1. The molecular weight excluding hydrogens is 312 g/mol. The highest BCUT2D eigenvalue weighted by Gasteiger charge is 2.71. The van der Waals surface area contributed by atoms with E-state index in [-0.39, 0.29) is 22.7 Å². The fraction of sp³-hybridized carbons (Fsp3) is 0.773. The standard InChI is InChI=1S/C22H32O3/c1-7-20(5)16-14-19(4)11-9-12-22(15(19)3,18(24)25-8-2)21(16,6)13-10-17(20)23/h1,16-17,23H,3,8-14H2,2,4-6H3/t16?,17-,19+,20-,21-,22+/m0/s1. The Kier molecular flexibility index (Phi) is 4.16. The fourth-order valence-corrected chi connectivity index (χ4v) is 6.53. The van der Waals surface area contributed by atoms with Gasteiger partial charge in [0, 0.05) is 0 Å². The van der Waals surface area contributed by atoms with Crippen LogP contribution in [0.3, 0.4) is 0 Å². The van der Waals surface area contributed by atoms with Crippen LogP contribution >= 0.6 is 0 Å². The van der Waals surface area contributed by atoms with Crippen molar-refractivity contribution >= 4 is 5.97 Å². The number of esters is 1. The van der Waals surface area contributed by atoms with Crippen molar-refractivity contribution in [2.45, 2.75) is 72.3 Å². The molecule has 0 aromatic rings. The number of terminal acetylenes is 1. The van der Waals surface area contributed by atoms with Gasteiger partial charge in [0.1, 0.15) is 0 Å². The summed E-state index contributed by atoms with van der Waals surface area (Å²) >= 11 is 0. The molecule has 3 aliphatic rings. The lowest BCUT2D eigenvalue weighted by Crippen LogP contribution is -2.66. The summed E-state index contributed by atoms with van der Waals surface area (Å²) in [6, 6.07) is 0. The molecule has 0 amide bonds. The van der Waals surface area contributed by atoms with Crippen LogP contribution in [0.15, 0.2) is 12.2 Å². The van der Waals surface area contributed by atoms with Crippen LogP contribution in [0.4, 0.5) is 0 Å². The Hall–Kier alpha value is -1.27. The third-order valence-electron chi connectivity index (χ3n) is 8.21. The molecule has 0 saturated heterocycles. The molecular formula is C22H32O3. The number of ether oxygens (including phenoxy) is 1. The number of rotatable bonds is 2. The van der Waals surface area contributed by atoms with Gasteiger partial charge in [0.25, 0.3) is 0 Å². The molecule has 0 aromatic heterocycles. The Bertz CT molecular complexity index is 646. The van der Waals surface area contributed by atoms with Crippen LogP contribution in [0.25, 0.3) is 0 Å². The molecule has 0 aromatic carbocycles. The normalized spacial score (nSPS) is 49.0. The molecule has 3 fully saturated rings. The number of aliphatic hydroxyl groups excluding tert-OH is 1.